The number of halogens is 2. The van der Waals surface area contributed by atoms with Crippen LogP contribution in [0.25, 0.3) is 0 Å². The van der Waals surface area contributed by atoms with Crippen molar-refractivity contribution < 1.29 is 19.4 Å². The number of rotatable bonds is 6. The predicted octanol–water partition coefficient (Wildman–Crippen LogP) is 5.82. The van der Waals surface area contributed by atoms with Gasteiger partial charge in [-0.25, -0.2) is 4.79 Å². The van der Waals surface area contributed by atoms with Crippen LogP contribution in [0, 0.1) is 0 Å². The molecule has 3 rings (SSSR count). The van der Waals surface area contributed by atoms with Crippen molar-refractivity contribution in [3.8, 4) is 11.5 Å². The number of aliphatic imine (C=N–C) groups is 1. The topological polar surface area (TPSA) is 68.1 Å². The standard InChI is InChI=1S/C22H17Cl2NO4/c1-28-22(27)16-7-8-19(20(26)11-16)25-12-15-9-17(23)21(18(24)10-15)29-13-14-5-3-2-4-6-14/h2-12,26H,13H2,1H3/b25-12+. The Labute approximate surface area is 178 Å². The van der Waals surface area contributed by atoms with Crippen molar-refractivity contribution in [1.29, 1.82) is 0 Å². The van der Waals surface area contributed by atoms with E-state index < -0.39 is 5.97 Å². The van der Waals surface area contributed by atoms with Gasteiger partial charge in [0.1, 0.15) is 18.0 Å². The van der Waals surface area contributed by atoms with Gasteiger partial charge in [-0.15, -0.1) is 0 Å². The first-order valence-corrected chi connectivity index (χ1v) is 9.34. The maximum atomic E-state index is 11.5. The number of nitrogens with zero attached hydrogens (tertiary/aromatic N) is 1. The average Bonchev–Trinajstić information content (AvgIpc) is 2.72. The molecule has 1 N–H and O–H groups in total. The van der Waals surface area contributed by atoms with E-state index >= 15 is 0 Å². The molecular weight excluding hydrogens is 413 g/mol. The third-order valence-electron chi connectivity index (χ3n) is 4.00. The molecule has 148 valence electrons. The molecule has 3 aromatic rings. The zero-order chi connectivity index (χ0) is 20.8. The van der Waals surface area contributed by atoms with Crippen LogP contribution in [-0.4, -0.2) is 24.4 Å². The van der Waals surface area contributed by atoms with Crippen molar-refractivity contribution in [2.24, 2.45) is 4.99 Å². The lowest BCUT2D eigenvalue weighted by Crippen LogP contribution is -2.00. The number of benzene rings is 3. The zero-order valence-electron chi connectivity index (χ0n) is 15.4. The van der Waals surface area contributed by atoms with Gasteiger partial charge in [-0.1, -0.05) is 53.5 Å². The molecule has 0 saturated heterocycles. The van der Waals surface area contributed by atoms with Crippen LogP contribution in [0.2, 0.25) is 10.0 Å². The second kappa shape index (κ2) is 9.45. The molecule has 0 amide bonds. The SMILES string of the molecule is COC(=O)c1ccc(/N=C/c2cc(Cl)c(OCc3ccccc3)c(Cl)c2)c(O)c1. The van der Waals surface area contributed by atoms with Crippen LogP contribution in [0.15, 0.2) is 65.7 Å². The molecule has 0 aliphatic carbocycles. The van der Waals surface area contributed by atoms with Crippen LogP contribution in [0.1, 0.15) is 21.5 Å². The van der Waals surface area contributed by atoms with Crippen LogP contribution >= 0.6 is 23.2 Å². The molecule has 0 atom stereocenters. The van der Waals surface area contributed by atoms with Crippen LogP contribution in [0.5, 0.6) is 11.5 Å². The molecule has 3 aromatic carbocycles. The summed E-state index contributed by atoms with van der Waals surface area (Å²) in [5.74, 6) is -0.302. The molecule has 0 fully saturated rings. The van der Waals surface area contributed by atoms with Crippen molar-refractivity contribution in [3.63, 3.8) is 0 Å². The quantitative estimate of drug-likeness (QED) is 0.396. The summed E-state index contributed by atoms with van der Waals surface area (Å²) >= 11 is 12.6. The molecule has 0 aromatic heterocycles. The van der Waals surface area contributed by atoms with Crippen LogP contribution < -0.4 is 4.74 Å². The number of ether oxygens (including phenoxy) is 2. The van der Waals surface area contributed by atoms with Gasteiger partial charge in [-0.2, -0.15) is 0 Å². The highest BCUT2D eigenvalue weighted by atomic mass is 35.5. The summed E-state index contributed by atoms with van der Waals surface area (Å²) < 4.78 is 10.4. The summed E-state index contributed by atoms with van der Waals surface area (Å²) in [6.45, 7) is 0.341. The number of carbonyl (C=O) groups is 1. The maximum absolute atomic E-state index is 11.5. The minimum Gasteiger partial charge on any atom is -0.506 e. The van der Waals surface area contributed by atoms with Crippen molar-refractivity contribution in [2.45, 2.75) is 6.61 Å². The average molecular weight is 430 g/mol. The van der Waals surface area contributed by atoms with Gasteiger partial charge < -0.3 is 14.6 Å². The summed E-state index contributed by atoms with van der Waals surface area (Å²) in [7, 11) is 1.27. The monoisotopic (exact) mass is 429 g/mol. The smallest absolute Gasteiger partial charge is 0.337 e. The Morgan fingerprint density at radius 1 is 1.07 bits per heavy atom. The fraction of sp³-hybridized carbons (Fsp3) is 0.0909. The fourth-order valence-corrected chi connectivity index (χ4v) is 3.16. The van der Waals surface area contributed by atoms with Crippen molar-refractivity contribution in [1.82, 2.24) is 0 Å². The number of aromatic hydroxyl groups is 1. The largest absolute Gasteiger partial charge is 0.506 e. The van der Waals surface area contributed by atoms with Crippen molar-refractivity contribution in [2.75, 3.05) is 7.11 Å². The highest BCUT2D eigenvalue weighted by Gasteiger charge is 2.11. The first kappa shape index (κ1) is 20.7. The van der Waals surface area contributed by atoms with E-state index in [-0.39, 0.29) is 17.0 Å². The van der Waals surface area contributed by atoms with E-state index in [9.17, 15) is 9.90 Å². The van der Waals surface area contributed by atoms with Gasteiger partial charge in [0, 0.05) is 6.21 Å². The molecule has 0 spiro atoms. The van der Waals surface area contributed by atoms with Gasteiger partial charge in [-0.3, -0.25) is 4.99 Å². The van der Waals surface area contributed by atoms with E-state index in [1.807, 2.05) is 30.3 Å². The Morgan fingerprint density at radius 2 is 1.76 bits per heavy atom. The van der Waals surface area contributed by atoms with Gasteiger partial charge in [0.2, 0.25) is 0 Å². The summed E-state index contributed by atoms with van der Waals surface area (Å²) in [6.07, 6.45) is 1.51. The molecule has 0 radical (unpaired) electrons. The van der Waals surface area contributed by atoms with E-state index in [1.54, 1.807) is 12.1 Å². The molecule has 0 heterocycles. The van der Waals surface area contributed by atoms with E-state index in [0.717, 1.165) is 5.56 Å². The highest BCUT2D eigenvalue weighted by Crippen LogP contribution is 2.35. The number of methoxy groups -OCH3 is 1. The van der Waals surface area contributed by atoms with E-state index in [0.29, 0.717) is 28.0 Å². The van der Waals surface area contributed by atoms with Gasteiger partial charge >= 0.3 is 5.97 Å². The highest BCUT2D eigenvalue weighted by molar-refractivity contribution is 6.37. The summed E-state index contributed by atoms with van der Waals surface area (Å²) in [4.78, 5) is 15.7. The number of esters is 1. The number of phenols is 1. The Balaban J connectivity index is 1.76. The minimum atomic E-state index is -0.541. The fourth-order valence-electron chi connectivity index (χ4n) is 2.54. The van der Waals surface area contributed by atoms with E-state index in [2.05, 4.69) is 9.73 Å². The molecule has 5 nitrogen and oxygen atoms in total. The Bertz CT molecular complexity index is 1030. The lowest BCUT2D eigenvalue weighted by molar-refractivity contribution is 0.0600. The van der Waals surface area contributed by atoms with E-state index in [4.69, 9.17) is 27.9 Å². The Kier molecular flexibility index (Phi) is 6.75. The molecule has 29 heavy (non-hydrogen) atoms. The number of hydrogen-bond acceptors (Lipinski definition) is 5. The van der Waals surface area contributed by atoms with Crippen LogP contribution in [-0.2, 0) is 11.3 Å². The van der Waals surface area contributed by atoms with Gasteiger partial charge in [0.15, 0.2) is 5.75 Å². The number of carbonyl (C=O) groups excluding carboxylic acids is 1. The lowest BCUT2D eigenvalue weighted by Gasteiger charge is -2.11. The molecule has 0 unspecified atom stereocenters. The number of phenolic OH excluding ortho intramolecular Hbond substituents is 1. The summed E-state index contributed by atoms with van der Waals surface area (Å²) in [5, 5.41) is 10.7. The lowest BCUT2D eigenvalue weighted by atomic mass is 10.2. The maximum Gasteiger partial charge on any atom is 0.337 e. The molecule has 0 aliphatic heterocycles. The van der Waals surface area contributed by atoms with Gasteiger partial charge in [0.05, 0.1) is 22.7 Å². The predicted molar refractivity (Wildman–Crippen MR) is 114 cm³/mol. The van der Waals surface area contributed by atoms with Gasteiger partial charge in [0.25, 0.3) is 0 Å². The first-order chi connectivity index (χ1) is 14.0. The molecule has 0 saturated carbocycles. The van der Waals surface area contributed by atoms with Crippen LogP contribution in [0.3, 0.4) is 0 Å². The van der Waals surface area contributed by atoms with Gasteiger partial charge in [-0.05, 0) is 41.5 Å². The number of hydrogen-bond donors (Lipinski definition) is 1. The Morgan fingerprint density at radius 3 is 2.38 bits per heavy atom. The third-order valence-corrected chi connectivity index (χ3v) is 4.56. The molecular formula is C22H17Cl2NO4. The zero-order valence-corrected chi connectivity index (χ0v) is 16.9. The summed E-state index contributed by atoms with van der Waals surface area (Å²) in [6, 6.07) is 17.3. The van der Waals surface area contributed by atoms with Crippen LogP contribution in [0.4, 0.5) is 5.69 Å². The normalized spacial score (nSPS) is 10.9. The molecule has 7 heteroatoms. The van der Waals surface area contributed by atoms with Crippen molar-refractivity contribution >= 4 is 41.1 Å². The van der Waals surface area contributed by atoms with E-state index in [1.165, 1.54) is 31.5 Å². The second-order valence-corrected chi connectivity index (χ2v) is 6.86. The second-order valence-electron chi connectivity index (χ2n) is 6.04. The van der Waals surface area contributed by atoms with Crippen molar-refractivity contribution in [3.05, 3.63) is 87.4 Å². The minimum absolute atomic E-state index is 0.149. The third kappa shape index (κ3) is 5.28. The molecule has 0 aliphatic rings. The first-order valence-electron chi connectivity index (χ1n) is 8.59. The Hall–Kier alpha value is -3.02. The molecule has 0 bridgehead atoms. The summed E-state index contributed by atoms with van der Waals surface area (Å²) in [5.41, 5.74) is 2.14.